The Bertz CT molecular complexity index is 1090. The van der Waals surface area contributed by atoms with Crippen LogP contribution < -0.4 is 5.32 Å². The standard InChI is InChI=1S/C22H25F2N5O/c1-21(2,3)20-26-27-28-29(20)16-10-14(13-7-8-17(23)18(24)12-13)9-15(11-16)19(30)25-22(4,5)6/h7-12H,1-6H3,(H,25,30). The fourth-order valence-electron chi connectivity index (χ4n) is 2.95. The fraction of sp³-hybridized carbons (Fsp3) is 0.364. The van der Waals surface area contributed by atoms with Crippen LogP contribution in [0.2, 0.25) is 0 Å². The van der Waals surface area contributed by atoms with E-state index in [9.17, 15) is 13.6 Å². The van der Waals surface area contributed by atoms with Crippen molar-refractivity contribution in [3.05, 3.63) is 59.4 Å². The van der Waals surface area contributed by atoms with Crippen molar-refractivity contribution in [1.82, 2.24) is 25.5 Å². The van der Waals surface area contributed by atoms with Gasteiger partial charge >= 0.3 is 0 Å². The van der Waals surface area contributed by atoms with Gasteiger partial charge in [-0.3, -0.25) is 4.79 Å². The van der Waals surface area contributed by atoms with Crippen LogP contribution in [0.3, 0.4) is 0 Å². The van der Waals surface area contributed by atoms with Crippen molar-refractivity contribution < 1.29 is 13.6 Å². The van der Waals surface area contributed by atoms with Crippen molar-refractivity contribution >= 4 is 5.91 Å². The van der Waals surface area contributed by atoms with Crippen LogP contribution in [0.1, 0.15) is 57.7 Å². The molecule has 30 heavy (non-hydrogen) atoms. The number of benzene rings is 2. The quantitative estimate of drug-likeness (QED) is 0.689. The summed E-state index contributed by atoms with van der Waals surface area (Å²) in [6, 6.07) is 8.68. The Kier molecular flexibility index (Phi) is 5.45. The van der Waals surface area contributed by atoms with Crippen molar-refractivity contribution in [3.8, 4) is 16.8 Å². The molecule has 1 amide bonds. The molecule has 0 saturated carbocycles. The maximum absolute atomic E-state index is 13.8. The zero-order chi connectivity index (χ0) is 22.3. The van der Waals surface area contributed by atoms with Gasteiger partial charge < -0.3 is 5.32 Å². The lowest BCUT2D eigenvalue weighted by Gasteiger charge is -2.21. The van der Waals surface area contributed by atoms with Crippen molar-refractivity contribution in [2.75, 3.05) is 0 Å². The van der Waals surface area contributed by atoms with Crippen LogP contribution in [-0.2, 0) is 5.41 Å². The third kappa shape index (κ3) is 4.69. The number of hydrogen-bond donors (Lipinski definition) is 1. The molecular formula is C22H25F2N5O. The predicted molar refractivity (Wildman–Crippen MR) is 110 cm³/mol. The molecule has 0 spiro atoms. The van der Waals surface area contributed by atoms with E-state index in [1.165, 1.54) is 6.07 Å². The number of carbonyl (C=O) groups excluding carboxylic acids is 1. The molecule has 0 atom stereocenters. The minimum Gasteiger partial charge on any atom is -0.347 e. The van der Waals surface area contributed by atoms with Crippen LogP contribution in [0.4, 0.5) is 8.78 Å². The minimum atomic E-state index is -0.962. The van der Waals surface area contributed by atoms with E-state index in [0.717, 1.165) is 12.1 Å². The Morgan fingerprint density at radius 1 is 0.933 bits per heavy atom. The smallest absolute Gasteiger partial charge is 0.251 e. The molecule has 0 aliphatic carbocycles. The van der Waals surface area contributed by atoms with Gasteiger partial charge in [-0.05, 0) is 72.7 Å². The number of nitrogens with one attached hydrogen (secondary N) is 1. The van der Waals surface area contributed by atoms with E-state index < -0.39 is 17.2 Å². The highest BCUT2D eigenvalue weighted by Gasteiger charge is 2.24. The first-order chi connectivity index (χ1) is 13.8. The van der Waals surface area contributed by atoms with E-state index in [-0.39, 0.29) is 11.3 Å². The zero-order valence-electron chi connectivity index (χ0n) is 17.9. The van der Waals surface area contributed by atoms with E-state index in [4.69, 9.17) is 0 Å². The van der Waals surface area contributed by atoms with Gasteiger partial charge in [0.2, 0.25) is 0 Å². The van der Waals surface area contributed by atoms with Gasteiger partial charge in [0, 0.05) is 16.5 Å². The monoisotopic (exact) mass is 413 g/mol. The van der Waals surface area contributed by atoms with E-state index >= 15 is 0 Å². The third-order valence-corrected chi connectivity index (χ3v) is 4.31. The number of amides is 1. The van der Waals surface area contributed by atoms with Crippen LogP contribution in [0.15, 0.2) is 36.4 Å². The lowest BCUT2D eigenvalue weighted by molar-refractivity contribution is 0.0919. The minimum absolute atomic E-state index is 0.293. The largest absolute Gasteiger partial charge is 0.347 e. The summed E-state index contributed by atoms with van der Waals surface area (Å²) in [5.41, 5.74) is 1.09. The van der Waals surface area contributed by atoms with Crippen LogP contribution in [0, 0.1) is 11.6 Å². The summed E-state index contributed by atoms with van der Waals surface area (Å²) in [4.78, 5) is 12.9. The van der Waals surface area contributed by atoms with Gasteiger partial charge in [-0.2, -0.15) is 4.68 Å². The van der Waals surface area contributed by atoms with Crippen molar-refractivity contribution in [3.63, 3.8) is 0 Å². The summed E-state index contributed by atoms with van der Waals surface area (Å²) >= 11 is 0. The second-order valence-electron chi connectivity index (χ2n) is 9.27. The molecule has 1 aromatic heterocycles. The Morgan fingerprint density at radius 2 is 1.63 bits per heavy atom. The van der Waals surface area contributed by atoms with Gasteiger partial charge in [-0.1, -0.05) is 26.8 Å². The Hall–Kier alpha value is -3.16. The number of carbonyl (C=O) groups is 1. The molecule has 1 N–H and O–H groups in total. The molecular weight excluding hydrogens is 388 g/mol. The van der Waals surface area contributed by atoms with E-state index in [2.05, 4.69) is 20.8 Å². The number of rotatable bonds is 3. The van der Waals surface area contributed by atoms with Gasteiger partial charge in [-0.15, -0.1) is 5.10 Å². The first-order valence-electron chi connectivity index (χ1n) is 9.57. The predicted octanol–water partition coefficient (Wildman–Crippen LogP) is 4.43. The first kappa shape index (κ1) is 21.5. The van der Waals surface area contributed by atoms with Gasteiger partial charge in [0.25, 0.3) is 5.91 Å². The van der Waals surface area contributed by atoms with Gasteiger partial charge in [-0.25, -0.2) is 8.78 Å². The Labute approximate surface area is 174 Å². The molecule has 0 saturated heterocycles. The Balaban J connectivity index is 2.20. The summed E-state index contributed by atoms with van der Waals surface area (Å²) in [7, 11) is 0. The molecule has 158 valence electrons. The SMILES string of the molecule is CC(C)(C)NC(=O)c1cc(-c2ccc(F)c(F)c2)cc(-n2nnnc2C(C)(C)C)c1. The molecule has 0 aliphatic rings. The molecule has 1 heterocycles. The van der Waals surface area contributed by atoms with Crippen LogP contribution in [-0.4, -0.2) is 31.7 Å². The average Bonchev–Trinajstić information content (AvgIpc) is 3.12. The maximum Gasteiger partial charge on any atom is 0.251 e. The van der Waals surface area contributed by atoms with Gasteiger partial charge in [0.15, 0.2) is 17.5 Å². The molecule has 2 aromatic carbocycles. The van der Waals surface area contributed by atoms with E-state index in [1.54, 1.807) is 22.9 Å². The van der Waals surface area contributed by atoms with Gasteiger partial charge in [0.05, 0.1) is 5.69 Å². The Morgan fingerprint density at radius 3 is 2.23 bits per heavy atom. The fourth-order valence-corrected chi connectivity index (χ4v) is 2.95. The first-order valence-corrected chi connectivity index (χ1v) is 9.57. The third-order valence-electron chi connectivity index (χ3n) is 4.31. The number of tetrazole rings is 1. The van der Waals surface area contributed by atoms with Crippen molar-refractivity contribution in [2.45, 2.75) is 52.5 Å². The molecule has 0 aliphatic heterocycles. The van der Waals surface area contributed by atoms with Crippen LogP contribution >= 0.6 is 0 Å². The number of nitrogens with zero attached hydrogens (tertiary/aromatic N) is 4. The van der Waals surface area contributed by atoms with E-state index in [1.807, 2.05) is 41.5 Å². The topological polar surface area (TPSA) is 72.7 Å². The highest BCUT2D eigenvalue weighted by molar-refractivity contribution is 5.96. The molecule has 3 aromatic rings. The van der Waals surface area contributed by atoms with Crippen molar-refractivity contribution in [1.29, 1.82) is 0 Å². The lowest BCUT2D eigenvalue weighted by atomic mass is 9.95. The second kappa shape index (κ2) is 7.59. The molecule has 6 nitrogen and oxygen atoms in total. The highest BCUT2D eigenvalue weighted by Crippen LogP contribution is 2.28. The van der Waals surface area contributed by atoms with Gasteiger partial charge in [0.1, 0.15) is 0 Å². The van der Waals surface area contributed by atoms with Crippen molar-refractivity contribution in [2.24, 2.45) is 0 Å². The summed E-state index contributed by atoms with van der Waals surface area (Å²) in [6.45, 7) is 11.6. The lowest BCUT2D eigenvalue weighted by Crippen LogP contribution is -2.40. The molecule has 8 heteroatoms. The second-order valence-corrected chi connectivity index (χ2v) is 9.27. The molecule has 3 rings (SSSR count). The normalized spacial score (nSPS) is 12.1. The summed E-state index contributed by atoms with van der Waals surface area (Å²) < 4.78 is 28.8. The summed E-state index contributed by atoms with van der Waals surface area (Å²) in [5.74, 6) is -1.59. The number of aromatic nitrogens is 4. The molecule has 0 fully saturated rings. The highest BCUT2D eigenvalue weighted by atomic mass is 19.2. The van der Waals surface area contributed by atoms with Crippen LogP contribution in [0.25, 0.3) is 16.8 Å². The van der Waals surface area contributed by atoms with E-state index in [0.29, 0.717) is 28.2 Å². The number of hydrogen-bond acceptors (Lipinski definition) is 4. The zero-order valence-corrected chi connectivity index (χ0v) is 17.9. The molecule has 0 bridgehead atoms. The average molecular weight is 413 g/mol. The number of halogens is 2. The maximum atomic E-state index is 13.8. The molecule has 0 unspecified atom stereocenters. The van der Waals surface area contributed by atoms with Crippen LogP contribution in [0.5, 0.6) is 0 Å². The summed E-state index contributed by atoms with van der Waals surface area (Å²) in [5, 5.41) is 14.9. The molecule has 0 radical (unpaired) electrons. The summed E-state index contributed by atoms with van der Waals surface area (Å²) in [6.07, 6.45) is 0.